The largest absolute Gasteiger partial charge is 0.418 e. The Bertz CT molecular complexity index is 272. The molecule has 0 bridgehead atoms. The highest BCUT2D eigenvalue weighted by Crippen LogP contribution is 2.28. The summed E-state index contributed by atoms with van der Waals surface area (Å²) in [4.78, 5) is 3.22. The fraction of sp³-hybridized carbons (Fsp3) is 0.286. The zero-order valence-electron chi connectivity index (χ0n) is 5.89. The van der Waals surface area contributed by atoms with Crippen molar-refractivity contribution in [1.29, 1.82) is 0 Å². The van der Waals surface area contributed by atoms with Crippen molar-refractivity contribution in [3.05, 3.63) is 29.6 Å². The van der Waals surface area contributed by atoms with Crippen LogP contribution in [0, 0.1) is 6.20 Å². The number of nitrogens with zero attached hydrogens (tertiary/aromatic N) is 1. The third-order valence-corrected chi connectivity index (χ3v) is 1.23. The Morgan fingerprint density at radius 3 is 2.67 bits per heavy atom. The van der Waals surface area contributed by atoms with Gasteiger partial charge >= 0.3 is 6.18 Å². The standard InChI is InChI=1S/C7H5F3NO/c8-7(9,10)6-1-5(4-12)2-11-3-6/h1-2,12H,4H2. The molecule has 1 heterocycles. The van der Waals surface area contributed by atoms with E-state index in [9.17, 15) is 13.2 Å². The van der Waals surface area contributed by atoms with Crippen molar-refractivity contribution in [3.63, 3.8) is 0 Å². The zero-order valence-corrected chi connectivity index (χ0v) is 5.89. The molecule has 0 aliphatic rings. The van der Waals surface area contributed by atoms with Crippen LogP contribution in [-0.2, 0) is 12.8 Å². The van der Waals surface area contributed by atoms with E-state index >= 15 is 0 Å². The van der Waals surface area contributed by atoms with Crippen molar-refractivity contribution in [2.24, 2.45) is 0 Å². The van der Waals surface area contributed by atoms with Crippen molar-refractivity contribution >= 4 is 0 Å². The molecule has 1 rings (SSSR count). The van der Waals surface area contributed by atoms with Crippen LogP contribution in [-0.4, -0.2) is 10.1 Å². The Morgan fingerprint density at radius 1 is 1.50 bits per heavy atom. The van der Waals surface area contributed by atoms with E-state index in [1.165, 1.54) is 0 Å². The Kier molecular flexibility index (Phi) is 2.32. The first-order valence-electron chi connectivity index (χ1n) is 3.08. The van der Waals surface area contributed by atoms with Gasteiger partial charge in [0.25, 0.3) is 0 Å². The number of hydrogen-bond acceptors (Lipinski definition) is 2. The van der Waals surface area contributed by atoms with Crippen LogP contribution in [0.4, 0.5) is 13.2 Å². The third kappa shape index (κ3) is 1.94. The lowest BCUT2D eigenvalue weighted by atomic mass is 10.2. The van der Waals surface area contributed by atoms with E-state index in [1.54, 1.807) is 6.20 Å². The quantitative estimate of drug-likeness (QED) is 0.701. The molecule has 0 unspecified atom stereocenters. The number of hydrogen-bond donors (Lipinski definition) is 1. The molecule has 0 aliphatic carbocycles. The number of alkyl halides is 3. The summed E-state index contributed by atoms with van der Waals surface area (Å²) in [7, 11) is 0. The molecule has 0 aliphatic heterocycles. The first-order valence-corrected chi connectivity index (χ1v) is 3.08. The number of aliphatic hydroxyl groups is 1. The van der Waals surface area contributed by atoms with Gasteiger partial charge in [0.2, 0.25) is 0 Å². The summed E-state index contributed by atoms with van der Waals surface area (Å²) < 4.78 is 35.9. The topological polar surface area (TPSA) is 33.1 Å². The monoisotopic (exact) mass is 176 g/mol. The first-order chi connectivity index (χ1) is 5.54. The zero-order chi connectivity index (χ0) is 9.19. The third-order valence-electron chi connectivity index (χ3n) is 1.23. The van der Waals surface area contributed by atoms with E-state index in [0.717, 1.165) is 12.3 Å². The normalized spacial score (nSPS) is 11.7. The van der Waals surface area contributed by atoms with E-state index in [2.05, 4.69) is 4.98 Å². The summed E-state index contributed by atoms with van der Waals surface area (Å²) in [5.74, 6) is 0. The van der Waals surface area contributed by atoms with E-state index in [4.69, 9.17) is 5.11 Å². The minimum atomic E-state index is -4.45. The van der Waals surface area contributed by atoms with E-state index in [-0.39, 0.29) is 5.56 Å². The van der Waals surface area contributed by atoms with Gasteiger partial charge in [0.1, 0.15) is 6.20 Å². The molecule has 0 fully saturated rings. The van der Waals surface area contributed by atoms with Gasteiger partial charge in [-0.3, -0.25) is 4.98 Å². The Balaban J connectivity index is 3.02. The number of aromatic nitrogens is 1. The van der Waals surface area contributed by atoms with Crippen LogP contribution in [0.1, 0.15) is 11.1 Å². The van der Waals surface area contributed by atoms with Crippen LogP contribution in [0.3, 0.4) is 0 Å². The molecule has 0 spiro atoms. The number of pyridine rings is 1. The molecule has 1 radical (unpaired) electrons. The summed E-state index contributed by atoms with van der Waals surface area (Å²) >= 11 is 0. The van der Waals surface area contributed by atoms with Gasteiger partial charge in [-0.1, -0.05) is 0 Å². The fourth-order valence-corrected chi connectivity index (χ4v) is 0.671. The van der Waals surface area contributed by atoms with E-state index in [1.807, 2.05) is 0 Å². The van der Waals surface area contributed by atoms with Gasteiger partial charge in [0, 0.05) is 6.20 Å². The Labute approximate surface area is 66.7 Å². The van der Waals surface area contributed by atoms with Crippen molar-refractivity contribution in [1.82, 2.24) is 4.98 Å². The summed E-state index contributed by atoms with van der Waals surface area (Å²) in [6, 6.07) is 0.812. The summed E-state index contributed by atoms with van der Waals surface area (Å²) in [5.41, 5.74) is -0.838. The highest BCUT2D eigenvalue weighted by Gasteiger charge is 2.31. The van der Waals surface area contributed by atoms with E-state index < -0.39 is 18.3 Å². The van der Waals surface area contributed by atoms with Crippen molar-refractivity contribution in [2.45, 2.75) is 12.8 Å². The molecular formula is C7H5F3NO. The van der Waals surface area contributed by atoms with Gasteiger partial charge in [0.15, 0.2) is 0 Å². The molecule has 12 heavy (non-hydrogen) atoms. The second kappa shape index (κ2) is 3.10. The summed E-state index contributed by atoms with van der Waals surface area (Å²) in [6.45, 7) is -0.454. The van der Waals surface area contributed by atoms with Gasteiger partial charge in [0.05, 0.1) is 12.2 Å². The lowest BCUT2D eigenvalue weighted by Gasteiger charge is -2.05. The fourth-order valence-electron chi connectivity index (χ4n) is 0.671. The number of aliphatic hydroxyl groups excluding tert-OH is 1. The molecule has 0 saturated heterocycles. The van der Waals surface area contributed by atoms with Crippen LogP contribution in [0.2, 0.25) is 0 Å². The highest BCUT2D eigenvalue weighted by atomic mass is 19.4. The molecule has 1 N–H and O–H groups in total. The minimum absolute atomic E-state index is 0.126. The maximum Gasteiger partial charge on any atom is 0.418 e. The lowest BCUT2D eigenvalue weighted by Crippen LogP contribution is -2.06. The van der Waals surface area contributed by atoms with Crippen LogP contribution in [0.25, 0.3) is 0 Å². The van der Waals surface area contributed by atoms with Crippen LogP contribution in [0.5, 0.6) is 0 Å². The van der Waals surface area contributed by atoms with Gasteiger partial charge < -0.3 is 5.11 Å². The highest BCUT2D eigenvalue weighted by molar-refractivity contribution is 5.18. The van der Waals surface area contributed by atoms with Crippen LogP contribution < -0.4 is 0 Å². The minimum Gasteiger partial charge on any atom is -0.392 e. The molecule has 65 valence electrons. The van der Waals surface area contributed by atoms with Crippen molar-refractivity contribution in [3.8, 4) is 0 Å². The van der Waals surface area contributed by atoms with Gasteiger partial charge in [-0.15, -0.1) is 0 Å². The molecule has 0 saturated carbocycles. The van der Waals surface area contributed by atoms with Crippen LogP contribution >= 0.6 is 0 Å². The molecule has 0 atom stereocenters. The average Bonchev–Trinajstić information content (AvgIpc) is 2.03. The van der Waals surface area contributed by atoms with Crippen LogP contribution in [0.15, 0.2) is 12.3 Å². The molecule has 1 aromatic heterocycles. The molecule has 5 heteroatoms. The van der Waals surface area contributed by atoms with Crippen molar-refractivity contribution in [2.75, 3.05) is 0 Å². The predicted octanol–water partition coefficient (Wildman–Crippen LogP) is 1.39. The van der Waals surface area contributed by atoms with E-state index in [0.29, 0.717) is 0 Å². The summed E-state index contributed by atoms with van der Waals surface area (Å²) in [5, 5.41) is 8.51. The Hall–Kier alpha value is -1.10. The molecule has 0 aromatic carbocycles. The maximum absolute atomic E-state index is 12.0. The summed E-state index contributed by atoms with van der Waals surface area (Å²) in [6.07, 6.45) is -1.52. The van der Waals surface area contributed by atoms with Gasteiger partial charge in [-0.2, -0.15) is 13.2 Å². The SMILES string of the molecule is OCc1cn[c]c(C(F)(F)F)c1. The number of halogens is 3. The van der Waals surface area contributed by atoms with Crippen molar-refractivity contribution < 1.29 is 18.3 Å². The van der Waals surface area contributed by atoms with Gasteiger partial charge in [-0.25, -0.2) is 0 Å². The lowest BCUT2D eigenvalue weighted by molar-refractivity contribution is -0.138. The second-order valence-electron chi connectivity index (χ2n) is 2.16. The molecule has 1 aromatic rings. The molecule has 0 amide bonds. The molecular weight excluding hydrogens is 171 g/mol. The average molecular weight is 176 g/mol. The van der Waals surface area contributed by atoms with Gasteiger partial charge in [-0.05, 0) is 11.6 Å². The smallest absolute Gasteiger partial charge is 0.392 e. The maximum atomic E-state index is 12.0. The first kappa shape index (κ1) is 8.99. The number of rotatable bonds is 1. The second-order valence-corrected chi connectivity index (χ2v) is 2.16. The molecule has 2 nitrogen and oxygen atoms in total. The predicted molar refractivity (Wildman–Crippen MR) is 34.0 cm³/mol. The Morgan fingerprint density at radius 2 is 2.17 bits per heavy atom.